The highest BCUT2D eigenvalue weighted by molar-refractivity contribution is 6.06. The van der Waals surface area contributed by atoms with Gasteiger partial charge in [0, 0.05) is 42.3 Å². The molecule has 0 saturated heterocycles. The van der Waals surface area contributed by atoms with Crippen LogP contribution in [0.3, 0.4) is 0 Å². The first-order valence-corrected chi connectivity index (χ1v) is 11.9. The van der Waals surface area contributed by atoms with Crippen LogP contribution in [0.25, 0.3) is 11.3 Å². The molecule has 0 aliphatic carbocycles. The Labute approximate surface area is 209 Å². The van der Waals surface area contributed by atoms with Crippen molar-refractivity contribution in [2.24, 2.45) is 7.05 Å². The summed E-state index contributed by atoms with van der Waals surface area (Å²) in [7, 11) is 1.65. The van der Waals surface area contributed by atoms with Gasteiger partial charge in [0.2, 0.25) is 5.56 Å². The SMILES string of the molecule is CCCCc1ccccc1C(=O)Nc1cccc(-c2cn(C)c(=O)c(Nc3ccc(=O)[nH]c3)n2)c1C. The number of aromatic amines is 1. The summed E-state index contributed by atoms with van der Waals surface area (Å²) in [5.41, 5.74) is 4.55. The second kappa shape index (κ2) is 10.9. The number of rotatable bonds is 8. The van der Waals surface area contributed by atoms with Crippen molar-refractivity contribution in [1.29, 1.82) is 0 Å². The van der Waals surface area contributed by atoms with Gasteiger partial charge in [0.1, 0.15) is 0 Å². The van der Waals surface area contributed by atoms with Crippen molar-refractivity contribution in [2.75, 3.05) is 10.6 Å². The summed E-state index contributed by atoms with van der Waals surface area (Å²) in [6.07, 6.45) is 6.08. The average Bonchev–Trinajstić information content (AvgIpc) is 2.88. The Kier molecular flexibility index (Phi) is 7.44. The minimum atomic E-state index is -0.309. The molecule has 4 aromatic rings. The van der Waals surface area contributed by atoms with Crippen LogP contribution in [0.4, 0.5) is 17.2 Å². The Morgan fingerprint density at radius 1 is 1.06 bits per heavy atom. The monoisotopic (exact) mass is 483 g/mol. The molecule has 2 aromatic carbocycles. The van der Waals surface area contributed by atoms with Gasteiger partial charge in [-0.2, -0.15) is 0 Å². The molecule has 36 heavy (non-hydrogen) atoms. The van der Waals surface area contributed by atoms with Crippen LogP contribution in [-0.4, -0.2) is 20.4 Å². The lowest BCUT2D eigenvalue weighted by Gasteiger charge is -2.15. The number of benzene rings is 2. The average molecular weight is 484 g/mol. The second-order valence-electron chi connectivity index (χ2n) is 8.65. The van der Waals surface area contributed by atoms with Gasteiger partial charge in [0.15, 0.2) is 5.82 Å². The molecule has 0 saturated carbocycles. The molecule has 0 atom stereocenters. The Morgan fingerprint density at radius 3 is 2.61 bits per heavy atom. The van der Waals surface area contributed by atoms with Crippen LogP contribution in [0.5, 0.6) is 0 Å². The molecular weight excluding hydrogens is 454 g/mol. The van der Waals surface area contributed by atoms with Gasteiger partial charge in [0.05, 0.1) is 11.4 Å². The number of hydrogen-bond donors (Lipinski definition) is 3. The van der Waals surface area contributed by atoms with Crippen molar-refractivity contribution in [3.63, 3.8) is 0 Å². The fraction of sp³-hybridized carbons (Fsp3) is 0.214. The quantitative estimate of drug-likeness (QED) is 0.334. The molecule has 184 valence electrons. The smallest absolute Gasteiger partial charge is 0.293 e. The summed E-state index contributed by atoms with van der Waals surface area (Å²) in [5.74, 6) is -0.0310. The summed E-state index contributed by atoms with van der Waals surface area (Å²) in [6.45, 7) is 4.04. The van der Waals surface area contributed by atoms with Gasteiger partial charge in [0.25, 0.3) is 11.5 Å². The van der Waals surface area contributed by atoms with Gasteiger partial charge in [-0.15, -0.1) is 0 Å². The van der Waals surface area contributed by atoms with Gasteiger partial charge < -0.3 is 20.2 Å². The van der Waals surface area contributed by atoms with Crippen molar-refractivity contribution in [3.05, 3.63) is 104 Å². The predicted octanol–water partition coefficient (Wildman–Crippen LogP) is 4.78. The number of aryl methyl sites for hydroxylation is 2. The van der Waals surface area contributed by atoms with Crippen LogP contribution >= 0.6 is 0 Å². The molecule has 0 aliphatic heterocycles. The summed E-state index contributed by atoms with van der Waals surface area (Å²) in [5, 5.41) is 6.03. The Hall–Kier alpha value is -4.46. The van der Waals surface area contributed by atoms with Gasteiger partial charge in [-0.1, -0.05) is 43.7 Å². The number of hydrogen-bond acceptors (Lipinski definition) is 5. The van der Waals surface area contributed by atoms with Gasteiger partial charge in [-0.25, -0.2) is 4.98 Å². The minimum absolute atomic E-state index is 0.126. The summed E-state index contributed by atoms with van der Waals surface area (Å²) >= 11 is 0. The molecule has 2 aromatic heterocycles. The van der Waals surface area contributed by atoms with E-state index < -0.39 is 0 Å². The Balaban J connectivity index is 1.65. The highest BCUT2D eigenvalue weighted by Gasteiger charge is 2.16. The molecule has 8 heteroatoms. The number of aromatic nitrogens is 3. The third-order valence-electron chi connectivity index (χ3n) is 6.04. The van der Waals surface area contributed by atoms with Crippen LogP contribution < -0.4 is 21.8 Å². The lowest BCUT2D eigenvalue weighted by molar-refractivity contribution is 0.102. The fourth-order valence-corrected chi connectivity index (χ4v) is 4.01. The predicted molar refractivity (Wildman–Crippen MR) is 143 cm³/mol. The van der Waals surface area contributed by atoms with Crippen LogP contribution in [0.2, 0.25) is 0 Å². The van der Waals surface area contributed by atoms with Crippen LogP contribution in [0, 0.1) is 6.92 Å². The zero-order valence-corrected chi connectivity index (χ0v) is 20.6. The molecule has 0 spiro atoms. The number of nitrogens with one attached hydrogen (secondary N) is 3. The minimum Gasteiger partial charge on any atom is -0.334 e. The maximum absolute atomic E-state index is 13.2. The molecular formula is C28H29N5O3. The Bertz CT molecular complexity index is 1500. The van der Waals surface area contributed by atoms with E-state index >= 15 is 0 Å². The van der Waals surface area contributed by atoms with Gasteiger partial charge in [-0.05, 0) is 49.1 Å². The van der Waals surface area contributed by atoms with Gasteiger partial charge in [-0.3, -0.25) is 14.4 Å². The maximum Gasteiger partial charge on any atom is 0.293 e. The lowest BCUT2D eigenvalue weighted by atomic mass is 10.0. The van der Waals surface area contributed by atoms with Crippen LogP contribution in [0.1, 0.15) is 41.3 Å². The van der Waals surface area contributed by atoms with E-state index in [9.17, 15) is 14.4 Å². The van der Waals surface area contributed by atoms with E-state index in [1.807, 2.05) is 49.4 Å². The summed E-state index contributed by atoms with van der Waals surface area (Å²) in [6, 6.07) is 16.2. The molecule has 0 bridgehead atoms. The highest BCUT2D eigenvalue weighted by Crippen LogP contribution is 2.28. The number of pyridine rings is 1. The number of nitrogens with zero attached hydrogens (tertiary/aromatic N) is 2. The van der Waals surface area contributed by atoms with Crippen LogP contribution in [-0.2, 0) is 13.5 Å². The van der Waals surface area contributed by atoms with E-state index in [-0.39, 0.29) is 22.8 Å². The van der Waals surface area contributed by atoms with Crippen molar-refractivity contribution in [1.82, 2.24) is 14.5 Å². The molecule has 0 aliphatic rings. The summed E-state index contributed by atoms with van der Waals surface area (Å²) < 4.78 is 1.45. The number of amides is 1. The van der Waals surface area contributed by atoms with Gasteiger partial charge >= 0.3 is 0 Å². The zero-order valence-electron chi connectivity index (χ0n) is 20.6. The van der Waals surface area contributed by atoms with Crippen molar-refractivity contribution in [2.45, 2.75) is 33.1 Å². The molecule has 0 fully saturated rings. The van der Waals surface area contributed by atoms with E-state index in [2.05, 4.69) is 27.5 Å². The molecule has 0 radical (unpaired) electrons. The fourth-order valence-electron chi connectivity index (χ4n) is 4.01. The third-order valence-corrected chi connectivity index (χ3v) is 6.04. The molecule has 1 amide bonds. The number of carbonyl (C=O) groups is 1. The first-order chi connectivity index (χ1) is 17.4. The van der Waals surface area contributed by atoms with Crippen molar-refractivity contribution < 1.29 is 4.79 Å². The first-order valence-electron chi connectivity index (χ1n) is 11.9. The summed E-state index contributed by atoms with van der Waals surface area (Å²) in [4.78, 5) is 44.3. The maximum atomic E-state index is 13.2. The lowest BCUT2D eigenvalue weighted by Crippen LogP contribution is -2.22. The van der Waals surface area contributed by atoms with Crippen molar-refractivity contribution in [3.8, 4) is 11.3 Å². The van der Waals surface area contributed by atoms with Crippen molar-refractivity contribution >= 4 is 23.1 Å². The number of H-pyrrole nitrogens is 1. The molecule has 3 N–H and O–H groups in total. The number of anilines is 3. The van der Waals surface area contributed by atoms with E-state index in [1.165, 1.54) is 16.8 Å². The largest absolute Gasteiger partial charge is 0.334 e. The zero-order chi connectivity index (χ0) is 25.7. The van der Waals surface area contributed by atoms with E-state index in [0.717, 1.165) is 36.0 Å². The third kappa shape index (κ3) is 5.43. The Morgan fingerprint density at radius 2 is 1.86 bits per heavy atom. The molecule has 8 nitrogen and oxygen atoms in total. The standard InChI is InChI=1S/C28H29N5O3/c1-4-5-9-19-10-6-7-11-22(19)27(35)32-23-13-8-12-21(18(23)2)24-17-33(3)28(36)26(31-24)30-20-14-15-25(34)29-16-20/h6-8,10-17H,4-5,9H2,1-3H3,(H,29,34)(H,30,31)(H,32,35). The molecule has 0 unspecified atom stereocenters. The van der Waals surface area contributed by atoms with Crippen LogP contribution in [0.15, 0.2) is 76.6 Å². The first kappa shape index (κ1) is 24.7. The van der Waals surface area contributed by atoms with E-state index in [4.69, 9.17) is 0 Å². The van der Waals surface area contributed by atoms with E-state index in [1.54, 1.807) is 19.3 Å². The molecule has 4 rings (SSSR count). The van der Waals surface area contributed by atoms with E-state index in [0.29, 0.717) is 22.6 Å². The number of unbranched alkanes of at least 4 members (excludes halogenated alkanes) is 1. The highest BCUT2D eigenvalue weighted by atomic mass is 16.2. The normalized spacial score (nSPS) is 10.8. The topological polar surface area (TPSA) is 109 Å². The number of carbonyl (C=O) groups excluding carboxylic acids is 1. The second-order valence-corrected chi connectivity index (χ2v) is 8.65. The molecule has 2 heterocycles.